The van der Waals surface area contributed by atoms with Crippen molar-refractivity contribution in [1.82, 2.24) is 15.0 Å². The van der Waals surface area contributed by atoms with E-state index in [2.05, 4.69) is 15.5 Å². The van der Waals surface area contributed by atoms with E-state index in [9.17, 15) is 9.18 Å². The van der Waals surface area contributed by atoms with Gasteiger partial charge in [0.1, 0.15) is 5.82 Å². The lowest BCUT2D eigenvalue weighted by Gasteiger charge is -2.30. The zero-order valence-electron chi connectivity index (χ0n) is 13.7. The van der Waals surface area contributed by atoms with Crippen molar-refractivity contribution in [3.63, 3.8) is 0 Å². The van der Waals surface area contributed by atoms with E-state index in [1.165, 1.54) is 23.5 Å². The minimum absolute atomic E-state index is 0.125. The molecule has 1 aliphatic rings. The van der Waals surface area contributed by atoms with Gasteiger partial charge in [0.2, 0.25) is 0 Å². The molecule has 1 saturated heterocycles. The number of hydrogen-bond acceptors (Lipinski definition) is 5. The summed E-state index contributed by atoms with van der Waals surface area (Å²) in [7, 11) is 0. The van der Waals surface area contributed by atoms with Crippen LogP contribution in [0.25, 0.3) is 11.0 Å². The van der Waals surface area contributed by atoms with Crippen LogP contribution in [0.15, 0.2) is 28.1 Å². The molecule has 130 valence electrons. The number of anilines is 1. The van der Waals surface area contributed by atoms with Gasteiger partial charge in [0.05, 0.1) is 11.4 Å². The van der Waals surface area contributed by atoms with Gasteiger partial charge in [-0.05, 0) is 31.9 Å². The standard InChI is InChI=1S/C17H17FN4O2S/c1-10-9-25-16(19-10)20-17(23)22-6-4-11(5-7-22)15-13-3-2-12(18)8-14(13)24-21-15/h2-3,8-9,11H,4-7H2,1H3,(H,19,20,23). The van der Waals surface area contributed by atoms with Gasteiger partial charge in [-0.1, -0.05) is 5.16 Å². The van der Waals surface area contributed by atoms with Crippen molar-refractivity contribution < 1.29 is 13.7 Å². The van der Waals surface area contributed by atoms with Crippen molar-refractivity contribution in [2.24, 2.45) is 0 Å². The van der Waals surface area contributed by atoms with Crippen LogP contribution in [0.3, 0.4) is 0 Å². The molecular weight excluding hydrogens is 343 g/mol. The number of carbonyl (C=O) groups excluding carboxylic acids is 1. The summed E-state index contributed by atoms with van der Waals surface area (Å²) < 4.78 is 18.5. The van der Waals surface area contributed by atoms with Gasteiger partial charge in [-0.3, -0.25) is 5.32 Å². The average molecular weight is 360 g/mol. The highest BCUT2D eigenvalue weighted by molar-refractivity contribution is 7.13. The molecule has 1 N–H and O–H groups in total. The number of fused-ring (bicyclic) bond motifs is 1. The number of urea groups is 1. The minimum Gasteiger partial charge on any atom is -0.356 e. The molecule has 2 aromatic heterocycles. The molecule has 0 radical (unpaired) electrons. The van der Waals surface area contributed by atoms with Crippen molar-refractivity contribution in [3.8, 4) is 0 Å². The van der Waals surface area contributed by atoms with Crippen molar-refractivity contribution in [3.05, 3.63) is 40.8 Å². The molecule has 0 spiro atoms. The summed E-state index contributed by atoms with van der Waals surface area (Å²) in [5.74, 6) is -0.128. The predicted octanol–water partition coefficient (Wildman–Crippen LogP) is 4.14. The highest BCUT2D eigenvalue weighted by Crippen LogP contribution is 2.33. The first-order valence-electron chi connectivity index (χ1n) is 8.13. The van der Waals surface area contributed by atoms with E-state index in [0.29, 0.717) is 23.8 Å². The molecule has 3 aromatic rings. The fourth-order valence-corrected chi connectivity index (χ4v) is 3.84. The fraction of sp³-hybridized carbons (Fsp3) is 0.353. The number of nitrogens with zero attached hydrogens (tertiary/aromatic N) is 3. The maximum absolute atomic E-state index is 13.3. The summed E-state index contributed by atoms with van der Waals surface area (Å²) in [5, 5.41) is 10.3. The Morgan fingerprint density at radius 1 is 1.40 bits per heavy atom. The van der Waals surface area contributed by atoms with E-state index in [0.717, 1.165) is 29.6 Å². The number of aromatic nitrogens is 2. The van der Waals surface area contributed by atoms with Gasteiger partial charge in [-0.25, -0.2) is 14.2 Å². The second kappa shape index (κ2) is 6.44. The molecule has 1 fully saturated rings. The minimum atomic E-state index is -0.334. The third-order valence-electron chi connectivity index (χ3n) is 4.46. The van der Waals surface area contributed by atoms with Crippen molar-refractivity contribution in [2.45, 2.75) is 25.7 Å². The predicted molar refractivity (Wildman–Crippen MR) is 93.4 cm³/mol. The number of nitrogens with one attached hydrogen (secondary N) is 1. The van der Waals surface area contributed by atoms with Gasteiger partial charge in [0.15, 0.2) is 10.7 Å². The quantitative estimate of drug-likeness (QED) is 0.745. The maximum Gasteiger partial charge on any atom is 0.323 e. The van der Waals surface area contributed by atoms with Crippen LogP contribution in [0.2, 0.25) is 0 Å². The van der Waals surface area contributed by atoms with Crippen LogP contribution in [0.5, 0.6) is 0 Å². The summed E-state index contributed by atoms with van der Waals surface area (Å²) in [6.07, 6.45) is 1.59. The number of hydrogen-bond donors (Lipinski definition) is 1. The Balaban J connectivity index is 1.41. The second-order valence-corrected chi connectivity index (χ2v) is 7.05. The lowest BCUT2D eigenvalue weighted by Crippen LogP contribution is -2.40. The van der Waals surface area contributed by atoms with E-state index in [1.807, 2.05) is 12.3 Å². The Morgan fingerprint density at radius 2 is 2.20 bits per heavy atom. The smallest absolute Gasteiger partial charge is 0.323 e. The first kappa shape index (κ1) is 16.0. The van der Waals surface area contributed by atoms with E-state index in [4.69, 9.17) is 4.52 Å². The molecule has 0 bridgehead atoms. The van der Waals surface area contributed by atoms with Gasteiger partial charge in [0.25, 0.3) is 0 Å². The molecular formula is C17H17FN4O2S. The molecule has 8 heteroatoms. The highest BCUT2D eigenvalue weighted by Gasteiger charge is 2.27. The third kappa shape index (κ3) is 3.21. The zero-order valence-corrected chi connectivity index (χ0v) is 14.5. The largest absolute Gasteiger partial charge is 0.356 e. The Bertz CT molecular complexity index is 914. The topological polar surface area (TPSA) is 71.3 Å². The van der Waals surface area contributed by atoms with Crippen LogP contribution in [-0.2, 0) is 0 Å². The Hall–Kier alpha value is -2.48. The lowest BCUT2D eigenvalue weighted by atomic mass is 9.92. The molecule has 1 aromatic carbocycles. The third-order valence-corrected chi connectivity index (χ3v) is 5.34. The highest BCUT2D eigenvalue weighted by atomic mass is 32.1. The Kier molecular flexibility index (Phi) is 4.12. The SMILES string of the molecule is Cc1csc(NC(=O)N2CCC(c3noc4cc(F)ccc34)CC2)n1. The molecule has 1 aliphatic heterocycles. The molecule has 0 atom stereocenters. The second-order valence-electron chi connectivity index (χ2n) is 6.19. The van der Waals surface area contributed by atoms with E-state index >= 15 is 0 Å². The van der Waals surface area contributed by atoms with Gasteiger partial charge >= 0.3 is 6.03 Å². The van der Waals surface area contributed by atoms with Gasteiger partial charge in [0, 0.05) is 35.8 Å². The van der Waals surface area contributed by atoms with Crippen molar-refractivity contribution in [2.75, 3.05) is 18.4 Å². The normalized spacial score (nSPS) is 15.7. The van der Waals surface area contributed by atoms with Gasteiger partial charge < -0.3 is 9.42 Å². The van der Waals surface area contributed by atoms with Crippen molar-refractivity contribution >= 4 is 33.5 Å². The molecule has 0 unspecified atom stereocenters. The van der Waals surface area contributed by atoms with Crippen molar-refractivity contribution in [1.29, 1.82) is 0 Å². The molecule has 3 heterocycles. The first-order chi connectivity index (χ1) is 12.1. The van der Waals surface area contributed by atoms with Crippen LogP contribution >= 0.6 is 11.3 Å². The van der Waals surface area contributed by atoms with Crippen LogP contribution < -0.4 is 5.32 Å². The molecule has 0 saturated carbocycles. The summed E-state index contributed by atoms with van der Waals surface area (Å²) in [5.41, 5.74) is 2.22. The fourth-order valence-electron chi connectivity index (χ4n) is 3.16. The van der Waals surface area contributed by atoms with E-state index < -0.39 is 0 Å². The number of thiazole rings is 1. The molecule has 6 nitrogen and oxygen atoms in total. The molecule has 25 heavy (non-hydrogen) atoms. The van der Waals surface area contributed by atoms with Crippen LogP contribution in [0.4, 0.5) is 14.3 Å². The van der Waals surface area contributed by atoms with Crippen LogP contribution in [0, 0.1) is 12.7 Å². The van der Waals surface area contributed by atoms with E-state index in [1.54, 1.807) is 11.0 Å². The number of likely N-dealkylation sites (tertiary alicyclic amines) is 1. The average Bonchev–Trinajstić information content (AvgIpc) is 3.20. The lowest BCUT2D eigenvalue weighted by molar-refractivity contribution is 0.193. The van der Waals surface area contributed by atoms with E-state index in [-0.39, 0.29) is 17.8 Å². The number of halogens is 1. The maximum atomic E-state index is 13.3. The van der Waals surface area contributed by atoms with Gasteiger partial charge in [-0.2, -0.15) is 0 Å². The summed E-state index contributed by atoms with van der Waals surface area (Å²) >= 11 is 1.42. The number of rotatable bonds is 2. The van der Waals surface area contributed by atoms with Crippen LogP contribution in [-0.4, -0.2) is 34.2 Å². The molecule has 2 amide bonds. The van der Waals surface area contributed by atoms with Crippen LogP contribution in [0.1, 0.15) is 30.1 Å². The van der Waals surface area contributed by atoms with Gasteiger partial charge in [-0.15, -0.1) is 11.3 Å². The number of aryl methyl sites for hydroxylation is 1. The number of carbonyl (C=O) groups is 1. The summed E-state index contributed by atoms with van der Waals surface area (Å²) in [6.45, 7) is 3.17. The monoisotopic (exact) mass is 360 g/mol. The molecule has 0 aliphatic carbocycles. The number of piperidine rings is 1. The Labute approximate surface area is 147 Å². The Morgan fingerprint density at radius 3 is 2.92 bits per heavy atom. The molecule has 4 rings (SSSR count). The number of amides is 2. The summed E-state index contributed by atoms with van der Waals surface area (Å²) in [6, 6.07) is 4.35. The zero-order chi connectivity index (χ0) is 17.4. The summed E-state index contributed by atoms with van der Waals surface area (Å²) in [4.78, 5) is 18.4. The number of benzene rings is 1. The first-order valence-corrected chi connectivity index (χ1v) is 9.01.